The highest BCUT2D eigenvalue weighted by Crippen LogP contribution is 2.58. The highest BCUT2D eigenvalue weighted by atomic mass is 33.1. The molecule has 0 aliphatic carbocycles. The smallest absolute Gasteiger partial charge is 0.332 e. The zero-order chi connectivity index (χ0) is 38.2. The van der Waals surface area contributed by atoms with Crippen LogP contribution >= 0.6 is 135 Å². The van der Waals surface area contributed by atoms with E-state index in [4.69, 9.17) is 53.6 Å². The number of aliphatic hydroxyl groups excluding tert-OH is 4. The first-order valence-corrected chi connectivity index (χ1v) is 28.4. The highest BCUT2D eigenvalue weighted by molar-refractivity contribution is 8.85. The van der Waals surface area contributed by atoms with Gasteiger partial charge in [-0.25, -0.2) is 4.79 Å². The van der Waals surface area contributed by atoms with Crippen molar-refractivity contribution in [2.24, 2.45) is 5.41 Å². The summed E-state index contributed by atoms with van der Waals surface area (Å²) in [6, 6.07) is 0. The first-order valence-electron chi connectivity index (χ1n) is 17.9. The molecule has 4 N–H and O–H groups in total. The zero-order valence-corrected chi connectivity index (χ0v) is 39.2. The number of ether oxygens (including phenoxy) is 1. The molecular formula is C31H50N4O6S12. The molecule has 4 unspecified atom stereocenters. The molecule has 4 fully saturated rings. The Kier molecular flexibility index (Phi) is 22.6. The quantitative estimate of drug-likeness (QED) is 0.0599. The van der Waals surface area contributed by atoms with Crippen LogP contribution in [0.3, 0.4) is 0 Å². The van der Waals surface area contributed by atoms with Crippen molar-refractivity contribution >= 4 is 158 Å². The fraction of sp³-hybridized carbons (Fsp3) is 0.839. The normalized spacial score (nSPS) is 22.0. The Hall–Kier alpha value is 1.67. The van der Waals surface area contributed by atoms with Crippen LogP contribution in [0.1, 0.15) is 77.0 Å². The third-order valence-electron chi connectivity index (χ3n) is 9.35. The Morgan fingerprint density at radius 1 is 0.509 bits per heavy atom. The first kappa shape index (κ1) is 47.3. The van der Waals surface area contributed by atoms with Gasteiger partial charge >= 0.3 is 5.97 Å². The predicted octanol–water partition coefficient (Wildman–Crippen LogP) is 7.40. The van der Waals surface area contributed by atoms with Gasteiger partial charge in [0.2, 0.25) is 0 Å². The summed E-state index contributed by atoms with van der Waals surface area (Å²) in [5.74, 6) is -0.965. The van der Waals surface area contributed by atoms with Gasteiger partial charge in [0.1, 0.15) is 45.6 Å². The molecule has 4 rings (SSSR count). The van der Waals surface area contributed by atoms with Crippen LogP contribution < -0.4 is 0 Å². The number of esters is 1. The molecule has 0 aromatic rings. The van der Waals surface area contributed by atoms with E-state index in [-0.39, 0.29) is 0 Å². The fourth-order valence-corrected chi connectivity index (χ4v) is 18.5. The lowest BCUT2D eigenvalue weighted by Gasteiger charge is -2.47. The largest absolute Gasteiger partial charge is 0.448 e. The van der Waals surface area contributed by atoms with E-state index in [0.29, 0.717) is 17.3 Å². The highest BCUT2D eigenvalue weighted by Gasteiger charge is 2.60. The molecular weight excluding hydrogens is 909 g/mol. The van der Waals surface area contributed by atoms with Crippen LogP contribution in [0.4, 0.5) is 0 Å². The van der Waals surface area contributed by atoms with Crippen molar-refractivity contribution in [2.45, 2.75) is 98.8 Å². The van der Waals surface area contributed by atoms with Crippen molar-refractivity contribution in [3.63, 3.8) is 0 Å². The number of carbonyl (C=O) groups is 1. The van der Waals surface area contributed by atoms with E-state index in [1.807, 2.05) is 0 Å². The SMILES string of the molecule is O=C(CO)OC(SSC(=S)N1CCCCC1)C(C(O)SSC(=S)N1CCCCC1)(C(O)SSC(=S)N1CCCCC1)C(O)SSC(=S)N1CCCCC1. The number of aliphatic hydroxyl groups is 4. The van der Waals surface area contributed by atoms with Crippen molar-refractivity contribution in [1.29, 1.82) is 0 Å². The summed E-state index contributed by atoms with van der Waals surface area (Å²) in [5.41, 5.74) is -7.98. The van der Waals surface area contributed by atoms with Crippen molar-refractivity contribution in [2.75, 3.05) is 59.0 Å². The van der Waals surface area contributed by atoms with E-state index >= 15 is 0 Å². The van der Waals surface area contributed by atoms with Gasteiger partial charge < -0.3 is 44.8 Å². The molecule has 53 heavy (non-hydrogen) atoms. The maximum Gasteiger partial charge on any atom is 0.332 e. The van der Waals surface area contributed by atoms with Gasteiger partial charge in [0.15, 0.2) is 5.44 Å². The van der Waals surface area contributed by atoms with E-state index in [2.05, 4.69) is 19.6 Å². The Morgan fingerprint density at radius 3 is 1.04 bits per heavy atom. The van der Waals surface area contributed by atoms with Crippen LogP contribution in [0.25, 0.3) is 0 Å². The van der Waals surface area contributed by atoms with Crippen molar-refractivity contribution in [3.05, 3.63) is 0 Å². The standard InChI is InChI=1S/C31H50N4O6S12/c36-21-22(37)41-26(49-53-30(45)35-19-11-4-12-20-35)31(23(38)46-50-27(42)32-13-5-1-6-14-32,24(39)47-51-28(43)33-15-7-2-8-16-33)25(40)48-52-29(44)34-17-9-3-10-18-34/h23-26,36,38-40H,1-21H2. The minimum Gasteiger partial charge on any atom is -0.448 e. The number of carbonyl (C=O) groups excluding carboxylic acids is 1. The predicted molar refractivity (Wildman–Crippen MR) is 250 cm³/mol. The first-order chi connectivity index (χ1) is 25.6. The number of rotatable bonds is 14. The zero-order valence-electron chi connectivity index (χ0n) is 29.5. The Morgan fingerprint density at radius 2 is 0.774 bits per heavy atom. The third kappa shape index (κ3) is 14.4. The number of hydrogen-bond donors (Lipinski definition) is 4. The lowest BCUT2D eigenvalue weighted by Crippen LogP contribution is -2.57. The summed E-state index contributed by atoms with van der Waals surface area (Å²) in [6.45, 7) is 5.57. The molecule has 0 spiro atoms. The van der Waals surface area contributed by atoms with Gasteiger partial charge in [-0.3, -0.25) is 0 Å². The second-order valence-electron chi connectivity index (χ2n) is 13.0. The van der Waals surface area contributed by atoms with Gasteiger partial charge in [-0.15, -0.1) is 0 Å². The summed E-state index contributed by atoms with van der Waals surface area (Å²) in [7, 11) is 8.87. The van der Waals surface area contributed by atoms with Gasteiger partial charge in [-0.2, -0.15) is 0 Å². The van der Waals surface area contributed by atoms with Crippen LogP contribution in [0, 0.1) is 5.41 Å². The van der Waals surface area contributed by atoms with Crippen LogP contribution in [0.5, 0.6) is 0 Å². The van der Waals surface area contributed by atoms with Gasteiger partial charge in [0.05, 0.1) is 0 Å². The molecule has 0 radical (unpaired) electrons. The summed E-state index contributed by atoms with van der Waals surface area (Å²) < 4.78 is 8.27. The molecule has 22 heteroatoms. The Balaban J connectivity index is 1.68. The Bertz CT molecular complexity index is 1110. The topological polar surface area (TPSA) is 120 Å². The van der Waals surface area contributed by atoms with Gasteiger partial charge in [-0.1, -0.05) is 81.3 Å². The van der Waals surface area contributed by atoms with Gasteiger partial charge in [0, 0.05) is 52.4 Å². The lowest BCUT2D eigenvalue weighted by molar-refractivity contribution is -0.162. The maximum atomic E-state index is 13.0. The van der Waals surface area contributed by atoms with Gasteiger partial charge in [-0.05, 0) is 131 Å². The summed E-state index contributed by atoms with van der Waals surface area (Å²) in [4.78, 5) is 21.4. The van der Waals surface area contributed by atoms with Crippen molar-refractivity contribution in [3.8, 4) is 0 Å². The average molecular weight is 960 g/mol. The number of piperidine rings is 4. The molecule has 4 heterocycles. The molecule has 4 saturated heterocycles. The van der Waals surface area contributed by atoms with E-state index in [9.17, 15) is 25.2 Å². The van der Waals surface area contributed by atoms with Crippen LogP contribution in [0.2, 0.25) is 0 Å². The second-order valence-corrected chi connectivity index (χ2v) is 24.7. The molecule has 302 valence electrons. The van der Waals surface area contributed by atoms with E-state index in [1.54, 1.807) is 0 Å². The third-order valence-corrected chi connectivity index (χ3v) is 22.3. The summed E-state index contributed by atoms with van der Waals surface area (Å²) in [6.07, 6.45) is 12.7. The molecule has 4 aliphatic heterocycles. The minimum absolute atomic E-state index is 0.571. The monoisotopic (exact) mass is 958 g/mol. The number of nitrogens with zero attached hydrogens (tertiary/aromatic N) is 4. The van der Waals surface area contributed by atoms with E-state index < -0.39 is 39.7 Å². The molecule has 0 aromatic heterocycles. The van der Waals surface area contributed by atoms with E-state index in [1.165, 1.54) is 43.2 Å². The van der Waals surface area contributed by atoms with Crippen molar-refractivity contribution < 1.29 is 30.0 Å². The fourth-order valence-electron chi connectivity index (χ4n) is 6.19. The van der Waals surface area contributed by atoms with Crippen molar-refractivity contribution in [1.82, 2.24) is 19.6 Å². The molecule has 0 amide bonds. The summed E-state index contributed by atoms with van der Waals surface area (Å²) in [5, 5.41) is 47.2. The minimum atomic E-state index is -1.97. The van der Waals surface area contributed by atoms with Gasteiger partial charge in [0.25, 0.3) is 0 Å². The molecule has 10 nitrogen and oxygen atoms in total. The number of thiocarbonyl (C=S) groups is 4. The van der Waals surface area contributed by atoms with Crippen LogP contribution in [-0.2, 0) is 9.53 Å². The molecule has 0 aromatic carbocycles. The molecule has 0 bridgehead atoms. The summed E-state index contributed by atoms with van der Waals surface area (Å²) >= 11 is 23.2. The van der Waals surface area contributed by atoms with E-state index in [0.717, 1.165) is 173 Å². The van der Waals surface area contributed by atoms with Crippen LogP contribution in [0.15, 0.2) is 0 Å². The lowest BCUT2D eigenvalue weighted by atomic mass is 9.90. The second kappa shape index (κ2) is 25.3. The number of hydrogen-bond acceptors (Lipinski definition) is 18. The maximum absolute atomic E-state index is 13.0. The Labute approximate surface area is 367 Å². The average Bonchev–Trinajstić information content (AvgIpc) is 3.21. The molecule has 4 aliphatic rings. The van der Waals surface area contributed by atoms with Crippen LogP contribution in [-0.4, -0.2) is 144 Å². The molecule has 0 saturated carbocycles. The molecule has 4 atom stereocenters. The number of likely N-dealkylation sites (tertiary alicyclic amines) is 4.